The van der Waals surface area contributed by atoms with E-state index < -0.39 is 0 Å². The van der Waals surface area contributed by atoms with Crippen molar-refractivity contribution in [2.45, 2.75) is 19.9 Å². The standard InChI is InChI=1S/C14H17NO2/c1-3-14(17)15(10-9-12(2)16)11-13-7-5-4-6-8-13/h3-8H,1,9-11H2,2H3. The van der Waals surface area contributed by atoms with Gasteiger partial charge in [0.05, 0.1) is 0 Å². The predicted octanol–water partition coefficient (Wildman–Crippen LogP) is 2.18. The first kappa shape index (κ1) is 13.2. The third-order valence-electron chi connectivity index (χ3n) is 2.44. The highest BCUT2D eigenvalue weighted by molar-refractivity contribution is 5.87. The zero-order valence-corrected chi connectivity index (χ0v) is 10.1. The van der Waals surface area contributed by atoms with Crippen molar-refractivity contribution in [1.29, 1.82) is 0 Å². The average Bonchev–Trinajstić information content (AvgIpc) is 2.34. The monoisotopic (exact) mass is 231 g/mol. The number of ketones is 1. The van der Waals surface area contributed by atoms with E-state index in [1.807, 2.05) is 30.3 Å². The van der Waals surface area contributed by atoms with Crippen molar-refractivity contribution in [2.75, 3.05) is 6.54 Å². The summed E-state index contributed by atoms with van der Waals surface area (Å²) in [5, 5.41) is 0. The molecule has 17 heavy (non-hydrogen) atoms. The molecule has 3 nitrogen and oxygen atoms in total. The fraction of sp³-hybridized carbons (Fsp3) is 0.286. The van der Waals surface area contributed by atoms with Crippen LogP contribution in [0.25, 0.3) is 0 Å². The Bertz CT molecular complexity index is 398. The zero-order valence-electron chi connectivity index (χ0n) is 10.1. The molecular weight excluding hydrogens is 214 g/mol. The number of hydrogen-bond acceptors (Lipinski definition) is 2. The Balaban J connectivity index is 2.67. The summed E-state index contributed by atoms with van der Waals surface area (Å²) in [6.45, 7) is 5.95. The van der Waals surface area contributed by atoms with E-state index in [9.17, 15) is 9.59 Å². The van der Waals surface area contributed by atoms with E-state index in [2.05, 4.69) is 6.58 Å². The summed E-state index contributed by atoms with van der Waals surface area (Å²) in [7, 11) is 0. The Labute approximate surface area is 102 Å². The Morgan fingerprint density at radius 3 is 2.47 bits per heavy atom. The van der Waals surface area contributed by atoms with Crippen LogP contribution in [0.4, 0.5) is 0 Å². The summed E-state index contributed by atoms with van der Waals surface area (Å²) in [5.41, 5.74) is 1.05. The number of carbonyl (C=O) groups excluding carboxylic acids is 2. The van der Waals surface area contributed by atoms with Crippen LogP contribution in [-0.4, -0.2) is 23.1 Å². The molecule has 0 aromatic heterocycles. The number of rotatable bonds is 6. The zero-order chi connectivity index (χ0) is 12.7. The Morgan fingerprint density at radius 2 is 1.94 bits per heavy atom. The molecule has 0 aliphatic carbocycles. The maximum Gasteiger partial charge on any atom is 0.246 e. The van der Waals surface area contributed by atoms with Gasteiger partial charge < -0.3 is 4.90 Å². The molecule has 0 saturated heterocycles. The van der Waals surface area contributed by atoms with Crippen molar-refractivity contribution in [3.05, 3.63) is 48.6 Å². The van der Waals surface area contributed by atoms with Gasteiger partial charge in [0.15, 0.2) is 0 Å². The number of benzene rings is 1. The second-order valence-corrected chi connectivity index (χ2v) is 3.90. The molecule has 90 valence electrons. The second kappa shape index (κ2) is 6.63. The van der Waals surface area contributed by atoms with E-state index >= 15 is 0 Å². The lowest BCUT2D eigenvalue weighted by molar-refractivity contribution is -0.127. The molecule has 0 heterocycles. The van der Waals surface area contributed by atoms with Crippen LogP contribution < -0.4 is 0 Å². The first-order chi connectivity index (χ1) is 8.13. The molecule has 0 fully saturated rings. The maximum absolute atomic E-state index is 11.6. The van der Waals surface area contributed by atoms with Crippen molar-refractivity contribution in [3.8, 4) is 0 Å². The van der Waals surface area contributed by atoms with Gasteiger partial charge in [0.1, 0.15) is 5.78 Å². The molecule has 1 aromatic rings. The second-order valence-electron chi connectivity index (χ2n) is 3.90. The van der Waals surface area contributed by atoms with Crippen LogP contribution in [0.15, 0.2) is 43.0 Å². The molecule has 0 bridgehead atoms. The minimum absolute atomic E-state index is 0.0833. The summed E-state index contributed by atoms with van der Waals surface area (Å²) in [4.78, 5) is 24.2. The number of Topliss-reactive ketones (excluding diaryl/α,β-unsaturated/α-hetero) is 1. The SMILES string of the molecule is C=CC(=O)N(CCC(C)=O)Cc1ccccc1. The van der Waals surface area contributed by atoms with Gasteiger partial charge >= 0.3 is 0 Å². The van der Waals surface area contributed by atoms with Gasteiger partial charge in [0.25, 0.3) is 0 Å². The molecule has 1 rings (SSSR count). The minimum atomic E-state index is -0.143. The van der Waals surface area contributed by atoms with Gasteiger partial charge in [-0.25, -0.2) is 0 Å². The van der Waals surface area contributed by atoms with E-state index in [1.54, 1.807) is 4.90 Å². The molecule has 0 radical (unpaired) electrons. The van der Waals surface area contributed by atoms with Gasteiger partial charge in [-0.1, -0.05) is 36.9 Å². The predicted molar refractivity (Wildman–Crippen MR) is 67.4 cm³/mol. The first-order valence-corrected chi connectivity index (χ1v) is 5.58. The maximum atomic E-state index is 11.6. The smallest absolute Gasteiger partial charge is 0.246 e. The van der Waals surface area contributed by atoms with Crippen LogP contribution in [0.1, 0.15) is 18.9 Å². The highest BCUT2D eigenvalue weighted by Crippen LogP contribution is 2.06. The topological polar surface area (TPSA) is 37.4 Å². The van der Waals surface area contributed by atoms with Crippen LogP contribution in [-0.2, 0) is 16.1 Å². The highest BCUT2D eigenvalue weighted by atomic mass is 16.2. The summed E-state index contributed by atoms with van der Waals surface area (Å²) in [6.07, 6.45) is 1.66. The lowest BCUT2D eigenvalue weighted by atomic mass is 10.2. The van der Waals surface area contributed by atoms with E-state index in [0.717, 1.165) is 5.56 Å². The number of nitrogens with zero attached hydrogens (tertiary/aromatic N) is 1. The Morgan fingerprint density at radius 1 is 1.29 bits per heavy atom. The number of hydrogen-bond donors (Lipinski definition) is 0. The molecule has 0 N–H and O–H groups in total. The van der Waals surface area contributed by atoms with E-state index in [4.69, 9.17) is 0 Å². The van der Waals surface area contributed by atoms with E-state index in [0.29, 0.717) is 19.5 Å². The van der Waals surface area contributed by atoms with Crippen LogP contribution in [0.5, 0.6) is 0 Å². The normalized spacial score (nSPS) is 9.71. The lowest BCUT2D eigenvalue weighted by Crippen LogP contribution is -2.30. The average molecular weight is 231 g/mol. The number of carbonyl (C=O) groups is 2. The van der Waals surface area contributed by atoms with Crippen LogP contribution in [0.3, 0.4) is 0 Å². The summed E-state index contributed by atoms with van der Waals surface area (Å²) in [5.74, 6) is -0.0602. The van der Waals surface area contributed by atoms with Crippen molar-refractivity contribution >= 4 is 11.7 Å². The van der Waals surface area contributed by atoms with Gasteiger partial charge in [-0.15, -0.1) is 0 Å². The van der Waals surface area contributed by atoms with Gasteiger partial charge in [-0.3, -0.25) is 9.59 Å². The van der Waals surface area contributed by atoms with Crippen LogP contribution >= 0.6 is 0 Å². The quantitative estimate of drug-likeness (QED) is 0.704. The third kappa shape index (κ3) is 4.64. The molecule has 3 heteroatoms. The molecule has 0 aliphatic heterocycles. The molecule has 0 aliphatic rings. The first-order valence-electron chi connectivity index (χ1n) is 5.58. The third-order valence-corrected chi connectivity index (χ3v) is 2.44. The summed E-state index contributed by atoms with van der Waals surface area (Å²) >= 11 is 0. The fourth-order valence-corrected chi connectivity index (χ4v) is 1.49. The molecule has 1 amide bonds. The van der Waals surface area contributed by atoms with Crippen molar-refractivity contribution in [3.63, 3.8) is 0 Å². The highest BCUT2D eigenvalue weighted by Gasteiger charge is 2.11. The van der Waals surface area contributed by atoms with Gasteiger partial charge in [-0.05, 0) is 18.6 Å². The largest absolute Gasteiger partial charge is 0.334 e. The fourth-order valence-electron chi connectivity index (χ4n) is 1.49. The van der Waals surface area contributed by atoms with E-state index in [1.165, 1.54) is 13.0 Å². The van der Waals surface area contributed by atoms with Gasteiger partial charge in [0.2, 0.25) is 5.91 Å². The molecule has 0 unspecified atom stereocenters. The summed E-state index contributed by atoms with van der Waals surface area (Å²) in [6, 6.07) is 9.70. The van der Waals surface area contributed by atoms with Crippen molar-refractivity contribution < 1.29 is 9.59 Å². The van der Waals surface area contributed by atoms with E-state index in [-0.39, 0.29) is 11.7 Å². The Kier molecular flexibility index (Phi) is 5.14. The summed E-state index contributed by atoms with van der Waals surface area (Å²) < 4.78 is 0. The van der Waals surface area contributed by atoms with Crippen molar-refractivity contribution in [1.82, 2.24) is 4.90 Å². The van der Waals surface area contributed by atoms with Crippen molar-refractivity contribution in [2.24, 2.45) is 0 Å². The molecule has 0 spiro atoms. The van der Waals surface area contributed by atoms with Gasteiger partial charge in [0, 0.05) is 19.5 Å². The molecule has 1 aromatic carbocycles. The van der Waals surface area contributed by atoms with Crippen LogP contribution in [0.2, 0.25) is 0 Å². The molecular formula is C14H17NO2. The van der Waals surface area contributed by atoms with Gasteiger partial charge in [-0.2, -0.15) is 0 Å². The molecule has 0 saturated carbocycles. The number of amides is 1. The minimum Gasteiger partial charge on any atom is -0.334 e. The van der Waals surface area contributed by atoms with Crippen LogP contribution in [0, 0.1) is 0 Å². The molecule has 0 atom stereocenters. The lowest BCUT2D eigenvalue weighted by Gasteiger charge is -2.20. The Hall–Kier alpha value is -1.90.